The van der Waals surface area contributed by atoms with E-state index >= 15 is 0 Å². The Hall–Kier alpha value is -4.35. The predicted molar refractivity (Wildman–Crippen MR) is 142 cm³/mol. The van der Waals surface area contributed by atoms with E-state index < -0.39 is 16.7 Å². The number of thiocarbonyl (C=S) groups is 1. The quantitative estimate of drug-likeness (QED) is 0.120. The Kier molecular flexibility index (Phi) is 7.52. The van der Waals surface area contributed by atoms with Gasteiger partial charge in [-0.25, -0.2) is 0 Å². The molecule has 1 fully saturated rings. The van der Waals surface area contributed by atoms with Gasteiger partial charge in [-0.1, -0.05) is 42.5 Å². The summed E-state index contributed by atoms with van der Waals surface area (Å²) < 4.78 is 0. The number of hydrogen-bond acceptors (Lipinski definition) is 7. The van der Waals surface area contributed by atoms with Crippen LogP contribution in [0, 0.1) is 10.1 Å². The number of thioether (sulfide) groups is 1. The Balaban J connectivity index is 1.55. The Bertz CT molecular complexity index is 1390. The van der Waals surface area contributed by atoms with Crippen LogP contribution < -0.4 is 15.5 Å². The van der Waals surface area contributed by atoms with Crippen molar-refractivity contribution in [2.24, 2.45) is 0 Å². The fourth-order valence-electron chi connectivity index (χ4n) is 3.39. The van der Waals surface area contributed by atoms with Crippen molar-refractivity contribution in [2.75, 3.05) is 16.0 Å². The van der Waals surface area contributed by atoms with Gasteiger partial charge in [-0.05, 0) is 54.2 Å². The number of benzene rings is 3. The van der Waals surface area contributed by atoms with Gasteiger partial charge >= 0.3 is 0 Å². The van der Waals surface area contributed by atoms with Gasteiger partial charge in [0.15, 0.2) is 5.11 Å². The molecule has 0 aromatic heterocycles. The third-order valence-electron chi connectivity index (χ3n) is 5.02. The summed E-state index contributed by atoms with van der Waals surface area (Å²) in [5.74, 6) is -1.70. The SMILES string of the molecule is O=C(CSc1ccc(/C=C2\C(=O)NC(=S)N(c3ccccc3)C2=O)cc1[N+](=O)[O-])Nc1ccccc1. The smallest absolute Gasteiger partial charge is 0.283 e. The maximum absolute atomic E-state index is 13.1. The molecule has 3 aromatic rings. The normalized spacial score (nSPS) is 14.5. The van der Waals surface area contributed by atoms with E-state index in [0.717, 1.165) is 11.8 Å². The molecule has 1 heterocycles. The van der Waals surface area contributed by atoms with Gasteiger partial charge in [0, 0.05) is 11.8 Å². The molecular formula is C25H18N4O5S2. The number of hydrogen-bond donors (Lipinski definition) is 2. The lowest BCUT2D eigenvalue weighted by atomic mass is 10.1. The number of nitrogens with one attached hydrogen (secondary N) is 2. The van der Waals surface area contributed by atoms with Gasteiger partial charge in [0.05, 0.1) is 21.3 Å². The summed E-state index contributed by atoms with van der Waals surface area (Å²) in [5.41, 5.74) is 0.911. The van der Waals surface area contributed by atoms with Gasteiger partial charge in [0.1, 0.15) is 5.57 Å². The molecule has 1 aliphatic rings. The van der Waals surface area contributed by atoms with Crippen LogP contribution >= 0.6 is 24.0 Å². The molecule has 0 radical (unpaired) electrons. The molecule has 3 aromatic carbocycles. The number of carbonyl (C=O) groups excluding carboxylic acids is 3. The fraction of sp³-hybridized carbons (Fsp3) is 0.0400. The molecule has 1 aliphatic heterocycles. The van der Waals surface area contributed by atoms with Crippen LogP contribution in [-0.4, -0.2) is 33.5 Å². The Morgan fingerprint density at radius 3 is 2.39 bits per heavy atom. The van der Waals surface area contributed by atoms with Crippen LogP contribution in [0.3, 0.4) is 0 Å². The molecule has 0 saturated carbocycles. The fourth-order valence-corrected chi connectivity index (χ4v) is 4.47. The third kappa shape index (κ3) is 5.65. The second kappa shape index (κ2) is 10.9. The molecule has 0 unspecified atom stereocenters. The number of nitrogens with zero attached hydrogens (tertiary/aromatic N) is 2. The molecule has 11 heteroatoms. The minimum atomic E-state index is -0.698. The molecule has 0 aliphatic carbocycles. The average molecular weight is 519 g/mol. The van der Waals surface area contributed by atoms with Gasteiger partial charge in [0.2, 0.25) is 5.91 Å². The van der Waals surface area contributed by atoms with Crippen LogP contribution in [0.2, 0.25) is 0 Å². The highest BCUT2D eigenvalue weighted by atomic mass is 32.2. The Morgan fingerprint density at radius 2 is 1.72 bits per heavy atom. The number of nitro groups is 1. The van der Waals surface area contributed by atoms with E-state index in [1.807, 2.05) is 6.07 Å². The predicted octanol–water partition coefficient (Wildman–Crippen LogP) is 4.16. The highest BCUT2D eigenvalue weighted by Gasteiger charge is 2.34. The molecule has 0 spiro atoms. The molecule has 36 heavy (non-hydrogen) atoms. The van der Waals surface area contributed by atoms with Gasteiger partial charge < -0.3 is 5.32 Å². The first-order chi connectivity index (χ1) is 17.3. The molecule has 1 saturated heterocycles. The van der Waals surface area contributed by atoms with Crippen molar-refractivity contribution < 1.29 is 19.3 Å². The topological polar surface area (TPSA) is 122 Å². The summed E-state index contributed by atoms with van der Waals surface area (Å²) in [6.45, 7) is 0. The standard InChI is InChI=1S/C25H18N4O5S2/c30-22(26-17-7-3-1-4-8-17)15-36-21-12-11-16(14-20(21)29(33)34)13-19-23(31)27-25(35)28(24(19)32)18-9-5-2-6-10-18/h1-14H,15H2,(H,26,30)(H,27,31,35)/b19-13+. The Morgan fingerprint density at radius 1 is 1.06 bits per heavy atom. The minimum Gasteiger partial charge on any atom is -0.325 e. The van der Waals surface area contributed by atoms with Gasteiger partial charge in [0.25, 0.3) is 17.5 Å². The van der Waals surface area contributed by atoms with E-state index in [1.54, 1.807) is 54.6 Å². The molecule has 2 N–H and O–H groups in total. The van der Waals surface area contributed by atoms with Gasteiger partial charge in [-0.2, -0.15) is 0 Å². The number of para-hydroxylation sites is 2. The average Bonchev–Trinajstić information content (AvgIpc) is 2.86. The maximum Gasteiger partial charge on any atom is 0.283 e. The summed E-state index contributed by atoms with van der Waals surface area (Å²) >= 11 is 6.18. The van der Waals surface area contributed by atoms with Gasteiger partial charge in [-0.15, -0.1) is 11.8 Å². The first kappa shape index (κ1) is 24.8. The highest BCUT2D eigenvalue weighted by molar-refractivity contribution is 8.00. The van der Waals surface area contributed by atoms with Crippen molar-refractivity contribution >= 4 is 70.0 Å². The molecular weight excluding hydrogens is 500 g/mol. The molecule has 4 rings (SSSR count). The van der Waals surface area contributed by atoms with Crippen molar-refractivity contribution in [3.8, 4) is 0 Å². The maximum atomic E-state index is 13.1. The van der Waals surface area contributed by atoms with Crippen LogP contribution in [-0.2, 0) is 14.4 Å². The van der Waals surface area contributed by atoms with Crippen molar-refractivity contribution in [1.82, 2.24) is 5.32 Å². The lowest BCUT2D eigenvalue weighted by Crippen LogP contribution is -2.54. The second-order valence-corrected chi connectivity index (χ2v) is 8.88. The van der Waals surface area contributed by atoms with Crippen molar-refractivity contribution in [1.29, 1.82) is 0 Å². The molecule has 9 nitrogen and oxygen atoms in total. The largest absolute Gasteiger partial charge is 0.325 e. The zero-order chi connectivity index (χ0) is 25.7. The van der Waals surface area contributed by atoms with Crippen LogP contribution in [0.1, 0.15) is 5.56 Å². The molecule has 0 atom stereocenters. The third-order valence-corrected chi connectivity index (χ3v) is 6.37. The molecule has 180 valence electrons. The van der Waals surface area contributed by atoms with E-state index in [-0.39, 0.29) is 38.5 Å². The number of nitro benzene ring substituents is 1. The molecule has 3 amide bonds. The zero-order valence-corrected chi connectivity index (χ0v) is 20.2. The number of carbonyl (C=O) groups is 3. The van der Waals surface area contributed by atoms with Crippen molar-refractivity contribution in [2.45, 2.75) is 4.90 Å². The number of anilines is 2. The van der Waals surface area contributed by atoms with E-state index in [1.165, 1.54) is 29.2 Å². The van der Waals surface area contributed by atoms with E-state index in [4.69, 9.17) is 12.2 Å². The summed E-state index contributed by atoms with van der Waals surface area (Å²) in [7, 11) is 0. The summed E-state index contributed by atoms with van der Waals surface area (Å²) in [6, 6.07) is 21.7. The number of rotatable bonds is 7. The van der Waals surface area contributed by atoms with Crippen LogP contribution in [0.5, 0.6) is 0 Å². The van der Waals surface area contributed by atoms with Crippen LogP contribution in [0.4, 0.5) is 17.1 Å². The summed E-state index contributed by atoms with van der Waals surface area (Å²) in [5, 5.41) is 16.9. The zero-order valence-electron chi connectivity index (χ0n) is 18.5. The van der Waals surface area contributed by atoms with Crippen LogP contribution in [0.25, 0.3) is 6.08 Å². The minimum absolute atomic E-state index is 0.0411. The first-order valence-electron chi connectivity index (χ1n) is 10.6. The van der Waals surface area contributed by atoms with E-state index in [0.29, 0.717) is 11.4 Å². The van der Waals surface area contributed by atoms with Gasteiger partial charge in [-0.3, -0.25) is 34.7 Å². The van der Waals surface area contributed by atoms with E-state index in [2.05, 4.69) is 10.6 Å². The van der Waals surface area contributed by atoms with Crippen LogP contribution in [0.15, 0.2) is 89.3 Å². The molecule has 0 bridgehead atoms. The number of amides is 3. The lowest BCUT2D eigenvalue weighted by Gasteiger charge is -2.28. The van der Waals surface area contributed by atoms with Crippen molar-refractivity contribution in [3.63, 3.8) is 0 Å². The Labute approximate surface area is 215 Å². The highest BCUT2D eigenvalue weighted by Crippen LogP contribution is 2.31. The van der Waals surface area contributed by atoms with E-state index in [9.17, 15) is 24.5 Å². The summed E-state index contributed by atoms with van der Waals surface area (Å²) in [6.07, 6.45) is 1.28. The second-order valence-electron chi connectivity index (χ2n) is 7.48. The lowest BCUT2D eigenvalue weighted by molar-refractivity contribution is -0.387. The first-order valence-corrected chi connectivity index (χ1v) is 12.0. The summed E-state index contributed by atoms with van der Waals surface area (Å²) in [4.78, 5) is 50.4. The van der Waals surface area contributed by atoms with Crippen molar-refractivity contribution in [3.05, 3.63) is 100 Å². The monoisotopic (exact) mass is 518 g/mol.